The van der Waals surface area contributed by atoms with E-state index in [1.165, 1.54) is 18.5 Å². The largest absolute Gasteiger partial charge is 0.394 e. The van der Waals surface area contributed by atoms with Gasteiger partial charge in [0.1, 0.15) is 18.4 Å². The molecule has 3 heterocycles. The number of anilines is 1. The Morgan fingerprint density at radius 3 is 2.68 bits per heavy atom. The topological polar surface area (TPSA) is 79.5 Å². The standard InChI is InChI=1S/C19H23FN6O2/c1-24(2)18-17-19(22-11-21-18)26(12-23-17)16-9-25(8-15(10-27)28-16)7-13-3-5-14(20)6-4-13/h3-6,11-12,15-16,27H,7-10H2,1-2H3/t15-,16+/m0/s1. The van der Waals surface area contributed by atoms with Gasteiger partial charge >= 0.3 is 0 Å². The Hall–Kier alpha value is -2.62. The molecule has 0 unspecified atom stereocenters. The summed E-state index contributed by atoms with van der Waals surface area (Å²) in [7, 11) is 3.81. The first kappa shape index (κ1) is 18.7. The maximum absolute atomic E-state index is 13.2. The van der Waals surface area contributed by atoms with Crippen LogP contribution in [0.5, 0.6) is 0 Å². The van der Waals surface area contributed by atoms with E-state index >= 15 is 0 Å². The predicted octanol–water partition coefficient (Wildman–Crippen LogP) is 1.42. The third kappa shape index (κ3) is 3.68. The summed E-state index contributed by atoms with van der Waals surface area (Å²) in [5, 5.41) is 9.70. The minimum atomic E-state index is -0.346. The van der Waals surface area contributed by atoms with E-state index in [4.69, 9.17) is 4.74 Å². The van der Waals surface area contributed by atoms with Crippen LogP contribution in [-0.2, 0) is 11.3 Å². The Labute approximate surface area is 162 Å². The summed E-state index contributed by atoms with van der Waals surface area (Å²) in [6, 6.07) is 6.47. The average molecular weight is 386 g/mol. The quantitative estimate of drug-likeness (QED) is 0.710. The maximum atomic E-state index is 13.2. The highest BCUT2D eigenvalue weighted by atomic mass is 19.1. The molecule has 0 aliphatic carbocycles. The van der Waals surface area contributed by atoms with E-state index in [9.17, 15) is 9.50 Å². The van der Waals surface area contributed by atoms with Gasteiger partial charge in [-0.3, -0.25) is 9.47 Å². The van der Waals surface area contributed by atoms with Crippen LogP contribution in [0.3, 0.4) is 0 Å². The van der Waals surface area contributed by atoms with Gasteiger partial charge in [-0.15, -0.1) is 0 Å². The fourth-order valence-corrected chi connectivity index (χ4v) is 3.50. The Kier molecular flexibility index (Phi) is 5.21. The number of aromatic nitrogens is 4. The lowest BCUT2D eigenvalue weighted by Crippen LogP contribution is -2.46. The van der Waals surface area contributed by atoms with Crippen molar-refractivity contribution >= 4 is 17.0 Å². The zero-order valence-electron chi connectivity index (χ0n) is 15.9. The fourth-order valence-electron chi connectivity index (χ4n) is 3.50. The highest BCUT2D eigenvalue weighted by Crippen LogP contribution is 2.27. The number of fused-ring (bicyclic) bond motifs is 1. The van der Waals surface area contributed by atoms with E-state index in [2.05, 4.69) is 19.9 Å². The summed E-state index contributed by atoms with van der Waals surface area (Å²) in [4.78, 5) is 17.2. The molecule has 1 aromatic carbocycles. The number of hydrogen-bond acceptors (Lipinski definition) is 7. The molecular weight excluding hydrogens is 363 g/mol. The van der Waals surface area contributed by atoms with Gasteiger partial charge in [0, 0.05) is 33.7 Å². The van der Waals surface area contributed by atoms with Crippen LogP contribution in [0.1, 0.15) is 11.8 Å². The van der Waals surface area contributed by atoms with Crippen molar-refractivity contribution < 1.29 is 14.2 Å². The van der Waals surface area contributed by atoms with Crippen molar-refractivity contribution in [2.75, 3.05) is 38.7 Å². The molecule has 1 aliphatic rings. The van der Waals surface area contributed by atoms with Crippen molar-refractivity contribution in [3.63, 3.8) is 0 Å². The molecule has 0 amide bonds. The minimum Gasteiger partial charge on any atom is -0.394 e. The van der Waals surface area contributed by atoms with E-state index in [1.807, 2.05) is 23.6 Å². The van der Waals surface area contributed by atoms with Gasteiger partial charge in [0.25, 0.3) is 0 Å². The van der Waals surface area contributed by atoms with Crippen LogP contribution in [0.4, 0.5) is 10.2 Å². The lowest BCUT2D eigenvalue weighted by molar-refractivity contribution is -0.135. The molecule has 8 nitrogen and oxygen atoms in total. The van der Waals surface area contributed by atoms with E-state index in [-0.39, 0.29) is 24.8 Å². The molecule has 3 aromatic rings. The molecule has 1 fully saturated rings. The number of ether oxygens (including phenoxy) is 1. The number of rotatable bonds is 5. The van der Waals surface area contributed by atoms with Gasteiger partial charge in [-0.2, -0.15) is 0 Å². The molecule has 28 heavy (non-hydrogen) atoms. The predicted molar refractivity (Wildman–Crippen MR) is 102 cm³/mol. The summed E-state index contributed by atoms with van der Waals surface area (Å²) >= 11 is 0. The number of morpholine rings is 1. The molecule has 2 atom stereocenters. The summed E-state index contributed by atoms with van der Waals surface area (Å²) < 4.78 is 21.1. The molecule has 0 saturated carbocycles. The first-order valence-electron chi connectivity index (χ1n) is 9.13. The number of nitrogens with zero attached hydrogens (tertiary/aromatic N) is 6. The van der Waals surface area contributed by atoms with Crippen LogP contribution in [0.2, 0.25) is 0 Å². The Morgan fingerprint density at radius 1 is 1.18 bits per heavy atom. The Morgan fingerprint density at radius 2 is 1.96 bits per heavy atom. The van der Waals surface area contributed by atoms with E-state index in [1.54, 1.807) is 18.5 Å². The van der Waals surface area contributed by atoms with Crippen molar-refractivity contribution in [1.29, 1.82) is 0 Å². The van der Waals surface area contributed by atoms with Crippen LogP contribution >= 0.6 is 0 Å². The van der Waals surface area contributed by atoms with Crippen molar-refractivity contribution in [2.45, 2.75) is 18.9 Å². The third-order valence-corrected chi connectivity index (χ3v) is 4.82. The zero-order valence-corrected chi connectivity index (χ0v) is 15.9. The SMILES string of the molecule is CN(C)c1ncnc2c1ncn2[C@H]1CN(Cc2ccc(F)cc2)C[C@@H](CO)O1. The Balaban J connectivity index is 1.61. The summed E-state index contributed by atoms with van der Waals surface area (Å²) in [5.41, 5.74) is 2.39. The number of halogens is 1. The average Bonchev–Trinajstić information content (AvgIpc) is 3.13. The number of aliphatic hydroxyl groups excluding tert-OH is 1. The van der Waals surface area contributed by atoms with Gasteiger partial charge < -0.3 is 14.7 Å². The second-order valence-electron chi connectivity index (χ2n) is 7.13. The highest BCUT2D eigenvalue weighted by Gasteiger charge is 2.30. The van der Waals surface area contributed by atoms with Crippen molar-refractivity contribution in [1.82, 2.24) is 24.4 Å². The van der Waals surface area contributed by atoms with Crippen molar-refractivity contribution in [3.05, 3.63) is 48.3 Å². The summed E-state index contributed by atoms with van der Waals surface area (Å²) in [6.45, 7) is 1.75. The highest BCUT2D eigenvalue weighted by molar-refractivity contribution is 5.83. The van der Waals surface area contributed by atoms with Crippen LogP contribution in [-0.4, -0.2) is 69.4 Å². The molecule has 0 bridgehead atoms. The van der Waals surface area contributed by atoms with Crippen LogP contribution < -0.4 is 4.90 Å². The monoisotopic (exact) mass is 386 g/mol. The maximum Gasteiger partial charge on any atom is 0.167 e. The molecule has 0 spiro atoms. The van der Waals surface area contributed by atoms with Gasteiger partial charge in [0.05, 0.1) is 19.0 Å². The summed E-state index contributed by atoms with van der Waals surface area (Å²) in [5.74, 6) is 0.486. The molecule has 148 valence electrons. The van der Waals surface area contributed by atoms with Crippen molar-refractivity contribution in [3.8, 4) is 0 Å². The van der Waals surface area contributed by atoms with Gasteiger partial charge in [-0.25, -0.2) is 19.3 Å². The number of benzene rings is 1. The molecule has 9 heteroatoms. The van der Waals surface area contributed by atoms with Crippen LogP contribution in [0.25, 0.3) is 11.2 Å². The van der Waals surface area contributed by atoms with Gasteiger partial charge in [-0.1, -0.05) is 12.1 Å². The first-order valence-corrected chi connectivity index (χ1v) is 9.13. The second kappa shape index (κ2) is 7.78. The number of imidazole rings is 1. The normalized spacial score (nSPS) is 20.6. The van der Waals surface area contributed by atoms with Crippen LogP contribution in [0, 0.1) is 5.82 Å². The number of aliphatic hydroxyl groups is 1. The zero-order chi connectivity index (χ0) is 19.7. The first-order chi connectivity index (χ1) is 13.5. The van der Waals surface area contributed by atoms with E-state index in [0.29, 0.717) is 30.8 Å². The summed E-state index contributed by atoms with van der Waals surface area (Å²) in [6.07, 6.45) is 2.54. The molecule has 4 rings (SSSR count). The van der Waals surface area contributed by atoms with Gasteiger partial charge in [0.15, 0.2) is 17.0 Å². The smallest absolute Gasteiger partial charge is 0.167 e. The molecule has 1 N–H and O–H groups in total. The fraction of sp³-hybridized carbons (Fsp3) is 0.421. The number of hydrogen-bond donors (Lipinski definition) is 1. The molecule has 2 aromatic heterocycles. The molecule has 1 saturated heterocycles. The molecule has 0 radical (unpaired) electrons. The third-order valence-electron chi connectivity index (χ3n) is 4.82. The minimum absolute atomic E-state index is 0.0824. The van der Waals surface area contributed by atoms with Gasteiger partial charge in [-0.05, 0) is 17.7 Å². The van der Waals surface area contributed by atoms with E-state index in [0.717, 1.165) is 11.4 Å². The van der Waals surface area contributed by atoms with Crippen LogP contribution in [0.15, 0.2) is 36.9 Å². The van der Waals surface area contributed by atoms with E-state index < -0.39 is 0 Å². The lowest BCUT2D eigenvalue weighted by atomic mass is 10.1. The van der Waals surface area contributed by atoms with Gasteiger partial charge in [0.2, 0.25) is 0 Å². The molecular formula is C19H23FN6O2. The van der Waals surface area contributed by atoms with Crippen molar-refractivity contribution in [2.24, 2.45) is 0 Å². The molecule has 1 aliphatic heterocycles. The second-order valence-corrected chi connectivity index (χ2v) is 7.13. The Bertz CT molecular complexity index is 945. The lowest BCUT2D eigenvalue weighted by Gasteiger charge is -2.37.